The SMILES string of the molecule is O=C(O)c1cc(SCCCF)ccc1F. The summed E-state index contributed by atoms with van der Waals surface area (Å²) in [7, 11) is 0. The van der Waals surface area contributed by atoms with E-state index in [4.69, 9.17) is 5.11 Å². The van der Waals surface area contributed by atoms with Gasteiger partial charge in [0.15, 0.2) is 0 Å². The zero-order valence-electron chi connectivity index (χ0n) is 7.87. The molecule has 0 atom stereocenters. The normalized spacial score (nSPS) is 10.3. The van der Waals surface area contributed by atoms with Crippen LogP contribution in [0.5, 0.6) is 0 Å². The predicted molar refractivity (Wildman–Crippen MR) is 54.7 cm³/mol. The second kappa shape index (κ2) is 5.70. The summed E-state index contributed by atoms with van der Waals surface area (Å²) < 4.78 is 24.8. The first-order chi connectivity index (χ1) is 7.15. The highest BCUT2D eigenvalue weighted by atomic mass is 32.2. The number of aromatic carboxylic acids is 1. The monoisotopic (exact) mass is 232 g/mol. The van der Waals surface area contributed by atoms with E-state index in [-0.39, 0.29) is 5.56 Å². The highest BCUT2D eigenvalue weighted by molar-refractivity contribution is 7.99. The lowest BCUT2D eigenvalue weighted by Gasteiger charge is -2.02. The Morgan fingerprint density at radius 1 is 1.47 bits per heavy atom. The maximum absolute atomic E-state index is 13.0. The average molecular weight is 232 g/mol. The van der Waals surface area contributed by atoms with Crippen LogP contribution in [-0.2, 0) is 0 Å². The number of alkyl halides is 1. The molecule has 0 saturated carbocycles. The summed E-state index contributed by atoms with van der Waals surface area (Å²) in [4.78, 5) is 11.2. The van der Waals surface area contributed by atoms with Gasteiger partial charge < -0.3 is 5.11 Å². The average Bonchev–Trinajstić information content (AvgIpc) is 2.20. The molecule has 1 aromatic carbocycles. The van der Waals surface area contributed by atoms with Gasteiger partial charge in [-0.1, -0.05) is 0 Å². The molecule has 5 heteroatoms. The minimum absolute atomic E-state index is 0.347. The Kier molecular flexibility index (Phi) is 4.55. The van der Waals surface area contributed by atoms with Crippen molar-refractivity contribution in [3.05, 3.63) is 29.6 Å². The molecule has 0 heterocycles. The minimum Gasteiger partial charge on any atom is -0.478 e. The van der Waals surface area contributed by atoms with Gasteiger partial charge in [-0.3, -0.25) is 4.39 Å². The molecule has 15 heavy (non-hydrogen) atoms. The molecule has 0 aliphatic rings. The van der Waals surface area contributed by atoms with Crippen LogP contribution in [0.3, 0.4) is 0 Å². The zero-order chi connectivity index (χ0) is 11.3. The minimum atomic E-state index is -1.29. The highest BCUT2D eigenvalue weighted by Gasteiger charge is 2.10. The zero-order valence-corrected chi connectivity index (χ0v) is 8.69. The summed E-state index contributed by atoms with van der Waals surface area (Å²) in [5.74, 6) is -1.49. The summed E-state index contributed by atoms with van der Waals surface area (Å²) in [5.41, 5.74) is -0.347. The van der Waals surface area contributed by atoms with Crippen molar-refractivity contribution in [1.82, 2.24) is 0 Å². The number of rotatable bonds is 5. The van der Waals surface area contributed by atoms with Gasteiger partial charge in [-0.15, -0.1) is 11.8 Å². The van der Waals surface area contributed by atoms with Gasteiger partial charge in [0.1, 0.15) is 5.82 Å². The van der Waals surface area contributed by atoms with Gasteiger partial charge in [0, 0.05) is 10.6 Å². The molecule has 2 nitrogen and oxygen atoms in total. The topological polar surface area (TPSA) is 37.3 Å². The van der Waals surface area contributed by atoms with Crippen LogP contribution < -0.4 is 0 Å². The van der Waals surface area contributed by atoms with Crippen LogP contribution in [-0.4, -0.2) is 23.5 Å². The van der Waals surface area contributed by atoms with Gasteiger partial charge in [0.2, 0.25) is 0 Å². The molecule has 0 aliphatic carbocycles. The third-order valence-electron chi connectivity index (χ3n) is 1.71. The van der Waals surface area contributed by atoms with E-state index in [1.165, 1.54) is 23.9 Å². The first-order valence-corrected chi connectivity index (χ1v) is 5.35. The molecule has 1 rings (SSSR count). The Morgan fingerprint density at radius 3 is 2.80 bits per heavy atom. The van der Waals surface area contributed by atoms with Crippen LogP contribution in [0.25, 0.3) is 0 Å². The molecule has 1 aromatic rings. The van der Waals surface area contributed by atoms with Crippen LogP contribution in [0.15, 0.2) is 23.1 Å². The first-order valence-electron chi connectivity index (χ1n) is 4.36. The summed E-state index contributed by atoms with van der Waals surface area (Å²) in [6, 6.07) is 3.87. The van der Waals surface area contributed by atoms with Gasteiger partial charge in [-0.2, -0.15) is 0 Å². The van der Waals surface area contributed by atoms with Crippen molar-refractivity contribution in [2.24, 2.45) is 0 Å². The van der Waals surface area contributed by atoms with Crippen LogP contribution in [0, 0.1) is 5.82 Å². The molecule has 0 fully saturated rings. The summed E-state index contributed by atoms with van der Waals surface area (Å²) >= 11 is 1.32. The van der Waals surface area contributed by atoms with E-state index < -0.39 is 18.5 Å². The molecule has 0 unspecified atom stereocenters. The van der Waals surface area contributed by atoms with Gasteiger partial charge in [-0.05, 0) is 24.6 Å². The number of benzene rings is 1. The number of carboxylic acid groups (broad SMARTS) is 1. The fourth-order valence-corrected chi connectivity index (χ4v) is 1.86. The number of carbonyl (C=O) groups is 1. The van der Waals surface area contributed by atoms with E-state index in [0.29, 0.717) is 17.1 Å². The van der Waals surface area contributed by atoms with Gasteiger partial charge in [0.25, 0.3) is 0 Å². The van der Waals surface area contributed by atoms with E-state index >= 15 is 0 Å². The van der Waals surface area contributed by atoms with Crippen LogP contribution in [0.1, 0.15) is 16.8 Å². The van der Waals surface area contributed by atoms with E-state index in [1.807, 2.05) is 0 Å². The van der Waals surface area contributed by atoms with Crippen molar-refractivity contribution in [1.29, 1.82) is 0 Å². The van der Waals surface area contributed by atoms with E-state index in [2.05, 4.69) is 0 Å². The number of carboxylic acids is 1. The van der Waals surface area contributed by atoms with Crippen LogP contribution in [0.4, 0.5) is 8.78 Å². The molecular weight excluding hydrogens is 222 g/mol. The second-order valence-electron chi connectivity index (χ2n) is 2.84. The van der Waals surface area contributed by atoms with Gasteiger partial charge in [0.05, 0.1) is 12.2 Å². The highest BCUT2D eigenvalue weighted by Crippen LogP contribution is 2.21. The quantitative estimate of drug-likeness (QED) is 0.626. The molecular formula is C10H10F2O2S. The number of hydrogen-bond donors (Lipinski definition) is 1. The fourth-order valence-electron chi connectivity index (χ4n) is 1.00. The molecule has 0 amide bonds. The lowest BCUT2D eigenvalue weighted by atomic mass is 10.2. The Morgan fingerprint density at radius 2 is 2.20 bits per heavy atom. The third kappa shape index (κ3) is 3.51. The Balaban J connectivity index is 2.74. The van der Waals surface area contributed by atoms with Crippen molar-refractivity contribution >= 4 is 17.7 Å². The van der Waals surface area contributed by atoms with E-state index in [9.17, 15) is 13.6 Å². The predicted octanol–water partition coefficient (Wildman–Crippen LogP) is 2.98. The fraction of sp³-hybridized carbons (Fsp3) is 0.300. The largest absolute Gasteiger partial charge is 0.478 e. The van der Waals surface area contributed by atoms with E-state index in [1.54, 1.807) is 0 Å². The smallest absolute Gasteiger partial charge is 0.338 e. The molecule has 0 saturated heterocycles. The number of hydrogen-bond acceptors (Lipinski definition) is 2. The molecule has 0 aliphatic heterocycles. The molecule has 0 bridgehead atoms. The van der Waals surface area contributed by atoms with E-state index in [0.717, 1.165) is 6.07 Å². The second-order valence-corrected chi connectivity index (χ2v) is 4.01. The first kappa shape index (κ1) is 12.0. The molecule has 0 aromatic heterocycles. The van der Waals surface area contributed by atoms with Gasteiger partial charge >= 0.3 is 5.97 Å². The lowest BCUT2D eigenvalue weighted by molar-refractivity contribution is 0.0691. The molecule has 0 radical (unpaired) electrons. The van der Waals surface area contributed by atoms with Gasteiger partial charge in [-0.25, -0.2) is 9.18 Å². The standard InChI is InChI=1S/C10H10F2O2S/c11-4-1-5-15-7-2-3-9(12)8(6-7)10(13)14/h2-3,6H,1,4-5H2,(H,13,14). The molecule has 82 valence electrons. The Bertz CT molecular complexity index is 355. The number of halogens is 2. The van der Waals surface area contributed by atoms with Crippen molar-refractivity contribution in [2.75, 3.05) is 12.4 Å². The van der Waals surface area contributed by atoms with Crippen molar-refractivity contribution in [3.63, 3.8) is 0 Å². The van der Waals surface area contributed by atoms with Crippen molar-refractivity contribution in [2.45, 2.75) is 11.3 Å². The van der Waals surface area contributed by atoms with Crippen LogP contribution in [0.2, 0.25) is 0 Å². The Labute approximate surface area is 90.3 Å². The summed E-state index contributed by atoms with van der Waals surface area (Å²) in [6.45, 7) is -0.403. The molecule has 1 N–H and O–H groups in total. The maximum atomic E-state index is 13.0. The Hall–Kier alpha value is -1.10. The summed E-state index contributed by atoms with van der Waals surface area (Å²) in [5, 5.41) is 8.65. The van der Waals surface area contributed by atoms with Crippen molar-refractivity contribution in [3.8, 4) is 0 Å². The van der Waals surface area contributed by atoms with Crippen molar-refractivity contribution < 1.29 is 18.7 Å². The number of thioether (sulfide) groups is 1. The summed E-state index contributed by atoms with van der Waals surface area (Å²) in [6.07, 6.45) is 0.407. The molecule has 0 spiro atoms. The van der Waals surface area contributed by atoms with Crippen LogP contribution >= 0.6 is 11.8 Å². The lowest BCUT2D eigenvalue weighted by Crippen LogP contribution is -2.00. The maximum Gasteiger partial charge on any atom is 0.338 e. The third-order valence-corrected chi connectivity index (χ3v) is 2.79.